The molecule has 0 saturated carbocycles. The van der Waals surface area contributed by atoms with Gasteiger partial charge in [0.2, 0.25) is 11.8 Å². The van der Waals surface area contributed by atoms with Crippen molar-refractivity contribution in [2.24, 2.45) is 5.92 Å². The molecule has 0 aromatic heterocycles. The number of hydrogen-bond acceptors (Lipinski definition) is 4. The minimum Gasteiger partial charge on any atom is -0.479 e. The highest BCUT2D eigenvalue weighted by Crippen LogP contribution is 2.25. The summed E-state index contributed by atoms with van der Waals surface area (Å²) in [6.45, 7) is 0.125. The van der Waals surface area contributed by atoms with E-state index in [1.807, 2.05) is 0 Å². The minimum absolute atomic E-state index is 0.217. The van der Waals surface area contributed by atoms with Gasteiger partial charge >= 0.3 is 5.97 Å². The monoisotopic (exact) mass is 324 g/mol. The largest absolute Gasteiger partial charge is 0.479 e. The van der Waals surface area contributed by atoms with Crippen LogP contribution in [0.4, 0.5) is 10.1 Å². The molecule has 8 heteroatoms. The predicted octanol–water partition coefficient (Wildman–Crippen LogP) is 0.394. The lowest BCUT2D eigenvalue weighted by Crippen LogP contribution is -2.42. The van der Waals surface area contributed by atoms with Crippen molar-refractivity contribution in [2.75, 3.05) is 25.1 Å². The molecule has 7 nitrogen and oxygen atoms in total. The van der Waals surface area contributed by atoms with Gasteiger partial charge in [-0.1, -0.05) is 0 Å². The molecule has 1 aromatic rings. The van der Waals surface area contributed by atoms with Crippen molar-refractivity contribution >= 4 is 23.5 Å². The summed E-state index contributed by atoms with van der Waals surface area (Å²) >= 11 is 0. The van der Waals surface area contributed by atoms with Crippen LogP contribution in [0.25, 0.3) is 0 Å². The topological polar surface area (TPSA) is 95.9 Å². The SMILES string of the molecule is COC(CNC(=O)C1CCN(c2ccc(F)cc2)C1=O)C(=O)O. The van der Waals surface area contributed by atoms with Crippen LogP contribution in [0.1, 0.15) is 6.42 Å². The second-order valence-electron chi connectivity index (χ2n) is 5.12. The maximum atomic E-state index is 12.9. The Morgan fingerprint density at radius 2 is 2.09 bits per heavy atom. The second-order valence-corrected chi connectivity index (χ2v) is 5.12. The molecule has 1 heterocycles. The van der Waals surface area contributed by atoms with E-state index in [2.05, 4.69) is 5.32 Å². The molecule has 0 spiro atoms. The van der Waals surface area contributed by atoms with Gasteiger partial charge in [-0.25, -0.2) is 9.18 Å². The van der Waals surface area contributed by atoms with Crippen LogP contribution in [0.3, 0.4) is 0 Å². The maximum Gasteiger partial charge on any atom is 0.334 e. The first kappa shape index (κ1) is 16.9. The van der Waals surface area contributed by atoms with Gasteiger partial charge in [-0.2, -0.15) is 0 Å². The molecular weight excluding hydrogens is 307 g/mol. The number of ether oxygens (including phenoxy) is 1. The molecule has 2 rings (SSSR count). The number of aliphatic carboxylic acids is 1. The molecule has 2 amide bonds. The predicted molar refractivity (Wildman–Crippen MR) is 78.3 cm³/mol. The van der Waals surface area contributed by atoms with Gasteiger partial charge < -0.3 is 20.1 Å². The molecule has 1 aliphatic heterocycles. The molecule has 23 heavy (non-hydrogen) atoms. The van der Waals surface area contributed by atoms with E-state index in [-0.39, 0.29) is 6.54 Å². The quantitative estimate of drug-likeness (QED) is 0.738. The van der Waals surface area contributed by atoms with Crippen LogP contribution in [0.2, 0.25) is 0 Å². The van der Waals surface area contributed by atoms with Crippen LogP contribution in [-0.4, -0.2) is 49.2 Å². The molecule has 1 fully saturated rings. The van der Waals surface area contributed by atoms with Gasteiger partial charge in [0.25, 0.3) is 0 Å². The van der Waals surface area contributed by atoms with E-state index in [0.717, 1.165) is 0 Å². The lowest BCUT2D eigenvalue weighted by molar-refractivity contribution is -0.148. The Kier molecular flexibility index (Phi) is 5.28. The van der Waals surface area contributed by atoms with Gasteiger partial charge in [0.05, 0.1) is 6.54 Å². The lowest BCUT2D eigenvalue weighted by atomic mass is 10.1. The number of carboxylic acid groups (broad SMARTS) is 1. The van der Waals surface area contributed by atoms with Crippen molar-refractivity contribution < 1.29 is 28.6 Å². The van der Waals surface area contributed by atoms with Crippen LogP contribution in [0.5, 0.6) is 0 Å². The van der Waals surface area contributed by atoms with Gasteiger partial charge in [-0.3, -0.25) is 9.59 Å². The molecule has 2 unspecified atom stereocenters. The fourth-order valence-electron chi connectivity index (χ4n) is 2.39. The Bertz CT molecular complexity index is 604. The van der Waals surface area contributed by atoms with E-state index in [1.54, 1.807) is 0 Å². The zero-order chi connectivity index (χ0) is 17.0. The number of rotatable bonds is 6. The number of nitrogens with zero attached hydrogens (tertiary/aromatic N) is 1. The molecule has 1 aromatic carbocycles. The van der Waals surface area contributed by atoms with E-state index in [0.29, 0.717) is 18.7 Å². The zero-order valence-corrected chi connectivity index (χ0v) is 12.5. The number of nitrogens with one attached hydrogen (secondary N) is 1. The first-order valence-corrected chi connectivity index (χ1v) is 7.04. The molecule has 1 aliphatic rings. The van der Waals surface area contributed by atoms with Crippen LogP contribution in [0.15, 0.2) is 24.3 Å². The minimum atomic E-state index is -1.20. The molecule has 0 radical (unpaired) electrons. The number of benzene rings is 1. The summed E-state index contributed by atoms with van der Waals surface area (Å²) in [5, 5.41) is 11.3. The molecule has 2 atom stereocenters. The Hall–Kier alpha value is -2.48. The van der Waals surface area contributed by atoms with Crippen molar-refractivity contribution in [1.29, 1.82) is 0 Å². The Morgan fingerprint density at radius 3 is 2.65 bits per heavy atom. The van der Waals surface area contributed by atoms with Crippen LogP contribution in [0, 0.1) is 11.7 Å². The molecular formula is C15H17FN2O5. The first-order valence-electron chi connectivity index (χ1n) is 7.04. The summed E-state index contributed by atoms with van der Waals surface area (Å²) in [4.78, 5) is 36.6. The number of amides is 2. The highest BCUT2D eigenvalue weighted by atomic mass is 19.1. The highest BCUT2D eigenvalue weighted by Gasteiger charge is 2.37. The Balaban J connectivity index is 1.97. The second kappa shape index (κ2) is 7.19. The average molecular weight is 324 g/mol. The normalized spacial score (nSPS) is 18.8. The van der Waals surface area contributed by atoms with Crippen molar-refractivity contribution in [2.45, 2.75) is 12.5 Å². The van der Waals surface area contributed by atoms with Crippen molar-refractivity contribution in [3.8, 4) is 0 Å². The van der Waals surface area contributed by atoms with Crippen molar-refractivity contribution in [1.82, 2.24) is 5.32 Å². The van der Waals surface area contributed by atoms with E-state index in [4.69, 9.17) is 9.84 Å². The Morgan fingerprint density at radius 1 is 1.43 bits per heavy atom. The third-order valence-corrected chi connectivity index (χ3v) is 3.68. The lowest BCUT2D eigenvalue weighted by Gasteiger charge is -2.17. The third-order valence-electron chi connectivity index (χ3n) is 3.68. The average Bonchev–Trinajstić information content (AvgIpc) is 2.90. The fraction of sp³-hybridized carbons (Fsp3) is 0.400. The zero-order valence-electron chi connectivity index (χ0n) is 12.5. The molecule has 0 bridgehead atoms. The molecule has 2 N–H and O–H groups in total. The van der Waals surface area contributed by atoms with Gasteiger partial charge in [0.1, 0.15) is 11.7 Å². The summed E-state index contributed by atoms with van der Waals surface area (Å²) in [7, 11) is 1.22. The maximum absolute atomic E-state index is 12.9. The number of halogens is 1. The van der Waals surface area contributed by atoms with Gasteiger partial charge in [-0.15, -0.1) is 0 Å². The molecule has 124 valence electrons. The van der Waals surface area contributed by atoms with Crippen molar-refractivity contribution in [3.63, 3.8) is 0 Å². The third kappa shape index (κ3) is 3.84. The first-order chi connectivity index (χ1) is 10.9. The van der Waals surface area contributed by atoms with E-state index >= 15 is 0 Å². The van der Waals surface area contributed by atoms with E-state index < -0.39 is 35.6 Å². The smallest absolute Gasteiger partial charge is 0.334 e. The highest BCUT2D eigenvalue weighted by molar-refractivity contribution is 6.09. The van der Waals surface area contributed by atoms with Crippen LogP contribution in [-0.2, 0) is 19.1 Å². The van der Waals surface area contributed by atoms with E-state index in [9.17, 15) is 18.8 Å². The number of methoxy groups -OCH3 is 1. The van der Waals surface area contributed by atoms with E-state index in [1.165, 1.54) is 36.3 Å². The number of hydrogen-bond donors (Lipinski definition) is 2. The molecule has 1 saturated heterocycles. The molecule has 0 aliphatic carbocycles. The van der Waals surface area contributed by atoms with Crippen LogP contribution >= 0.6 is 0 Å². The van der Waals surface area contributed by atoms with Crippen LogP contribution < -0.4 is 10.2 Å². The van der Waals surface area contributed by atoms with Gasteiger partial charge in [-0.05, 0) is 30.7 Å². The summed E-state index contributed by atoms with van der Waals surface area (Å²) in [6, 6.07) is 5.43. The number of carbonyl (C=O) groups excluding carboxylic acids is 2. The summed E-state index contributed by atoms with van der Waals surface area (Å²) in [5.74, 6) is -3.42. The summed E-state index contributed by atoms with van der Waals surface area (Å²) in [5.41, 5.74) is 0.520. The summed E-state index contributed by atoms with van der Waals surface area (Å²) < 4.78 is 17.6. The number of anilines is 1. The number of carbonyl (C=O) groups is 3. The fourth-order valence-corrected chi connectivity index (χ4v) is 2.39. The number of carboxylic acids is 1. The van der Waals surface area contributed by atoms with Crippen molar-refractivity contribution in [3.05, 3.63) is 30.1 Å². The summed E-state index contributed by atoms with van der Waals surface area (Å²) in [6.07, 6.45) is -0.851. The van der Waals surface area contributed by atoms with Gasteiger partial charge in [0, 0.05) is 19.3 Å². The standard InChI is InChI=1S/C15H17FN2O5/c1-23-12(15(21)22)8-17-13(19)11-6-7-18(14(11)20)10-4-2-9(16)3-5-10/h2-5,11-12H,6-8H2,1H3,(H,17,19)(H,21,22). The Labute approximate surface area is 132 Å². The van der Waals surface area contributed by atoms with Gasteiger partial charge in [0.15, 0.2) is 6.10 Å².